The third-order valence-corrected chi connectivity index (χ3v) is 2.76. The van der Waals surface area contributed by atoms with E-state index >= 15 is 0 Å². The SMILES string of the molecule is CCCNc1nc(C)cc(NC(C)C(C)C)n1. The normalized spacial score (nSPS) is 12.6. The molecule has 0 fully saturated rings. The van der Waals surface area contributed by atoms with Crippen molar-refractivity contribution >= 4 is 11.8 Å². The molecule has 0 aliphatic carbocycles. The Morgan fingerprint density at radius 1 is 1.24 bits per heavy atom. The molecule has 0 bridgehead atoms. The molecule has 0 radical (unpaired) electrons. The number of nitrogens with one attached hydrogen (secondary N) is 2. The van der Waals surface area contributed by atoms with Gasteiger partial charge in [0.2, 0.25) is 5.95 Å². The molecule has 1 atom stereocenters. The molecule has 1 aromatic rings. The van der Waals surface area contributed by atoms with E-state index in [0.29, 0.717) is 17.9 Å². The van der Waals surface area contributed by atoms with E-state index in [1.54, 1.807) is 0 Å². The van der Waals surface area contributed by atoms with Gasteiger partial charge in [0.1, 0.15) is 5.82 Å². The topological polar surface area (TPSA) is 49.8 Å². The zero-order valence-corrected chi connectivity index (χ0v) is 11.5. The summed E-state index contributed by atoms with van der Waals surface area (Å²) in [6.45, 7) is 11.6. The maximum absolute atomic E-state index is 4.46. The number of aryl methyl sites for hydroxylation is 1. The second kappa shape index (κ2) is 6.42. The first-order chi connectivity index (χ1) is 8.02. The van der Waals surface area contributed by atoms with Crippen molar-refractivity contribution < 1.29 is 0 Å². The zero-order valence-electron chi connectivity index (χ0n) is 11.5. The maximum atomic E-state index is 4.46. The van der Waals surface area contributed by atoms with Gasteiger partial charge in [0, 0.05) is 24.3 Å². The minimum atomic E-state index is 0.406. The highest BCUT2D eigenvalue weighted by molar-refractivity contribution is 5.42. The van der Waals surface area contributed by atoms with E-state index in [1.165, 1.54) is 0 Å². The molecule has 0 amide bonds. The smallest absolute Gasteiger partial charge is 0.224 e. The van der Waals surface area contributed by atoms with Gasteiger partial charge in [0.15, 0.2) is 0 Å². The van der Waals surface area contributed by atoms with Crippen LogP contribution in [0.4, 0.5) is 11.8 Å². The third-order valence-electron chi connectivity index (χ3n) is 2.76. The molecule has 1 rings (SSSR count). The summed E-state index contributed by atoms with van der Waals surface area (Å²) >= 11 is 0. The Morgan fingerprint density at radius 3 is 2.53 bits per heavy atom. The standard InChI is InChI=1S/C13H24N4/c1-6-7-14-13-15-10(4)8-12(17-13)16-11(5)9(2)3/h8-9,11H,6-7H2,1-5H3,(H2,14,15,16,17). The lowest BCUT2D eigenvalue weighted by atomic mass is 10.1. The Balaban J connectivity index is 2.74. The summed E-state index contributed by atoms with van der Waals surface area (Å²) in [6.07, 6.45) is 1.07. The fraction of sp³-hybridized carbons (Fsp3) is 0.692. The Bertz CT molecular complexity index is 349. The van der Waals surface area contributed by atoms with Gasteiger partial charge in [0.25, 0.3) is 0 Å². The first-order valence-electron chi connectivity index (χ1n) is 6.39. The van der Waals surface area contributed by atoms with E-state index in [-0.39, 0.29) is 0 Å². The van der Waals surface area contributed by atoms with Crippen LogP contribution in [0.25, 0.3) is 0 Å². The van der Waals surface area contributed by atoms with Gasteiger partial charge in [-0.1, -0.05) is 20.8 Å². The van der Waals surface area contributed by atoms with Crippen LogP contribution in [0.1, 0.15) is 39.8 Å². The van der Waals surface area contributed by atoms with Crippen molar-refractivity contribution in [2.75, 3.05) is 17.2 Å². The predicted octanol–water partition coefficient (Wildman–Crippen LogP) is 3.06. The lowest BCUT2D eigenvalue weighted by molar-refractivity contribution is 0.558. The Hall–Kier alpha value is -1.32. The van der Waals surface area contributed by atoms with E-state index in [2.05, 4.69) is 48.3 Å². The largest absolute Gasteiger partial charge is 0.367 e. The number of aromatic nitrogens is 2. The average Bonchev–Trinajstić information content (AvgIpc) is 2.25. The minimum absolute atomic E-state index is 0.406. The number of hydrogen-bond acceptors (Lipinski definition) is 4. The molecule has 1 heterocycles. The van der Waals surface area contributed by atoms with Gasteiger partial charge in [-0.2, -0.15) is 4.98 Å². The molecular formula is C13H24N4. The first kappa shape index (κ1) is 13.7. The first-order valence-corrected chi connectivity index (χ1v) is 6.39. The van der Waals surface area contributed by atoms with Crippen molar-refractivity contribution in [1.82, 2.24) is 9.97 Å². The van der Waals surface area contributed by atoms with E-state index in [0.717, 1.165) is 24.5 Å². The van der Waals surface area contributed by atoms with Crippen molar-refractivity contribution in [3.63, 3.8) is 0 Å². The molecule has 4 heteroatoms. The Morgan fingerprint density at radius 2 is 1.94 bits per heavy atom. The summed E-state index contributed by atoms with van der Waals surface area (Å²) in [4.78, 5) is 8.82. The summed E-state index contributed by atoms with van der Waals surface area (Å²) in [5.74, 6) is 2.19. The Labute approximate surface area is 104 Å². The lowest BCUT2D eigenvalue weighted by Crippen LogP contribution is -2.22. The van der Waals surface area contributed by atoms with Gasteiger partial charge in [-0.15, -0.1) is 0 Å². The molecule has 96 valence electrons. The highest BCUT2D eigenvalue weighted by Gasteiger charge is 2.08. The quantitative estimate of drug-likeness (QED) is 0.797. The molecule has 0 saturated heterocycles. The lowest BCUT2D eigenvalue weighted by Gasteiger charge is -2.18. The average molecular weight is 236 g/mol. The van der Waals surface area contributed by atoms with Crippen LogP contribution in [0.3, 0.4) is 0 Å². The van der Waals surface area contributed by atoms with Crippen LogP contribution >= 0.6 is 0 Å². The van der Waals surface area contributed by atoms with Crippen LogP contribution < -0.4 is 10.6 Å². The molecule has 4 nitrogen and oxygen atoms in total. The van der Waals surface area contributed by atoms with Gasteiger partial charge < -0.3 is 10.6 Å². The zero-order chi connectivity index (χ0) is 12.8. The van der Waals surface area contributed by atoms with Crippen LogP contribution in [0.5, 0.6) is 0 Å². The molecule has 1 unspecified atom stereocenters. The highest BCUT2D eigenvalue weighted by Crippen LogP contribution is 2.13. The predicted molar refractivity (Wildman–Crippen MR) is 73.5 cm³/mol. The summed E-state index contributed by atoms with van der Waals surface area (Å²) in [6, 6.07) is 2.39. The molecule has 0 aliphatic heterocycles. The number of rotatable bonds is 6. The van der Waals surface area contributed by atoms with Crippen LogP contribution in [0.2, 0.25) is 0 Å². The molecule has 17 heavy (non-hydrogen) atoms. The van der Waals surface area contributed by atoms with Crippen LogP contribution in [0.15, 0.2) is 6.07 Å². The van der Waals surface area contributed by atoms with Gasteiger partial charge in [0.05, 0.1) is 0 Å². The van der Waals surface area contributed by atoms with Crippen molar-refractivity contribution in [3.05, 3.63) is 11.8 Å². The molecule has 2 N–H and O–H groups in total. The molecule has 0 aromatic carbocycles. The third kappa shape index (κ3) is 4.59. The van der Waals surface area contributed by atoms with Gasteiger partial charge in [-0.3, -0.25) is 0 Å². The fourth-order valence-electron chi connectivity index (χ4n) is 1.36. The van der Waals surface area contributed by atoms with E-state index in [9.17, 15) is 0 Å². The Kier molecular flexibility index (Phi) is 5.19. The fourth-order valence-corrected chi connectivity index (χ4v) is 1.36. The van der Waals surface area contributed by atoms with E-state index < -0.39 is 0 Å². The highest BCUT2D eigenvalue weighted by atomic mass is 15.1. The minimum Gasteiger partial charge on any atom is -0.367 e. The van der Waals surface area contributed by atoms with Crippen molar-refractivity contribution in [3.8, 4) is 0 Å². The number of anilines is 2. The van der Waals surface area contributed by atoms with Crippen LogP contribution in [0, 0.1) is 12.8 Å². The summed E-state index contributed by atoms with van der Waals surface area (Å²) < 4.78 is 0. The van der Waals surface area contributed by atoms with Gasteiger partial charge in [-0.25, -0.2) is 4.98 Å². The van der Waals surface area contributed by atoms with Crippen LogP contribution in [-0.2, 0) is 0 Å². The van der Waals surface area contributed by atoms with Crippen molar-refractivity contribution in [2.45, 2.75) is 47.1 Å². The molecule has 1 aromatic heterocycles. The van der Waals surface area contributed by atoms with Crippen LogP contribution in [-0.4, -0.2) is 22.6 Å². The van der Waals surface area contributed by atoms with Crippen molar-refractivity contribution in [1.29, 1.82) is 0 Å². The van der Waals surface area contributed by atoms with Gasteiger partial charge in [-0.05, 0) is 26.2 Å². The molecule has 0 aliphatic rings. The summed E-state index contributed by atoms with van der Waals surface area (Å²) in [5, 5.41) is 6.62. The number of hydrogen-bond donors (Lipinski definition) is 2. The van der Waals surface area contributed by atoms with E-state index in [1.807, 2.05) is 13.0 Å². The van der Waals surface area contributed by atoms with Gasteiger partial charge >= 0.3 is 0 Å². The maximum Gasteiger partial charge on any atom is 0.224 e. The second-order valence-electron chi connectivity index (χ2n) is 4.82. The van der Waals surface area contributed by atoms with Crippen molar-refractivity contribution in [2.24, 2.45) is 5.92 Å². The van der Waals surface area contributed by atoms with E-state index in [4.69, 9.17) is 0 Å². The summed E-state index contributed by atoms with van der Waals surface area (Å²) in [7, 11) is 0. The molecule has 0 spiro atoms. The number of nitrogens with zero attached hydrogens (tertiary/aromatic N) is 2. The monoisotopic (exact) mass is 236 g/mol. The second-order valence-corrected chi connectivity index (χ2v) is 4.82. The summed E-state index contributed by atoms with van der Waals surface area (Å²) in [5.41, 5.74) is 0.983. The molecule has 0 saturated carbocycles. The molecular weight excluding hydrogens is 212 g/mol.